The molecule has 1 unspecified atom stereocenters. The number of pyridine rings is 1. The summed E-state index contributed by atoms with van der Waals surface area (Å²) in [5.41, 5.74) is 5.86. The van der Waals surface area contributed by atoms with Crippen LogP contribution < -0.4 is 0 Å². The molecule has 1 aliphatic heterocycles. The first kappa shape index (κ1) is 22.2. The molecule has 0 N–H and O–H groups in total. The average Bonchev–Trinajstić information content (AvgIpc) is 3.43. The monoisotopic (exact) mass is 432 g/mol. The number of hydrogen-bond donors (Lipinski definition) is 0. The molecule has 2 aromatic heterocycles. The molecule has 0 spiro atoms. The number of nitrogens with zero attached hydrogens (tertiary/aromatic N) is 4. The Morgan fingerprint density at radius 2 is 2.00 bits per heavy atom. The molecule has 1 atom stereocenters. The lowest BCUT2D eigenvalue weighted by Gasteiger charge is -2.25. The van der Waals surface area contributed by atoms with Gasteiger partial charge in [-0.2, -0.15) is 0 Å². The molecule has 1 aliphatic rings. The molecular formula is C26H32N4O2. The van der Waals surface area contributed by atoms with Crippen molar-refractivity contribution in [3.05, 3.63) is 76.3 Å². The number of aromatic nitrogens is 3. The number of benzene rings is 1. The molecule has 1 aromatic carbocycles. The summed E-state index contributed by atoms with van der Waals surface area (Å²) in [4.78, 5) is 19.9. The van der Waals surface area contributed by atoms with Gasteiger partial charge in [-0.05, 0) is 61.9 Å². The van der Waals surface area contributed by atoms with Crippen LogP contribution in [0.4, 0.5) is 0 Å². The van der Waals surface area contributed by atoms with Crippen molar-refractivity contribution in [3.63, 3.8) is 0 Å². The zero-order chi connectivity index (χ0) is 22.7. The summed E-state index contributed by atoms with van der Waals surface area (Å²) in [5, 5.41) is 8.15. The minimum atomic E-state index is 0.0342. The summed E-state index contributed by atoms with van der Waals surface area (Å²) in [6.07, 6.45) is 3.67. The molecule has 1 amide bonds. The maximum absolute atomic E-state index is 13.1. The third-order valence-electron chi connectivity index (χ3n) is 6.13. The maximum atomic E-state index is 13.1. The number of rotatable bonds is 7. The fourth-order valence-corrected chi connectivity index (χ4v) is 4.40. The van der Waals surface area contributed by atoms with E-state index >= 15 is 0 Å². The lowest BCUT2D eigenvalue weighted by atomic mass is 9.98. The van der Waals surface area contributed by atoms with Gasteiger partial charge in [-0.25, -0.2) is 0 Å². The lowest BCUT2D eigenvalue weighted by Crippen LogP contribution is -2.31. The van der Waals surface area contributed by atoms with Crippen LogP contribution in [0.5, 0.6) is 0 Å². The molecule has 0 saturated carbocycles. The third-order valence-corrected chi connectivity index (χ3v) is 6.13. The molecule has 1 saturated heterocycles. The van der Waals surface area contributed by atoms with Gasteiger partial charge in [0.05, 0.1) is 11.7 Å². The molecule has 0 aliphatic carbocycles. The van der Waals surface area contributed by atoms with E-state index < -0.39 is 0 Å². The summed E-state index contributed by atoms with van der Waals surface area (Å²) >= 11 is 0. The summed E-state index contributed by atoms with van der Waals surface area (Å²) in [7, 11) is 0. The molecule has 4 rings (SSSR count). The maximum Gasteiger partial charge on any atom is 0.223 e. The first-order valence-corrected chi connectivity index (χ1v) is 11.5. The van der Waals surface area contributed by atoms with Crippen LogP contribution in [0.1, 0.15) is 84.9 Å². The van der Waals surface area contributed by atoms with Crippen molar-refractivity contribution < 1.29 is 9.21 Å². The highest BCUT2D eigenvalue weighted by Gasteiger charge is 2.31. The second-order valence-electron chi connectivity index (χ2n) is 9.08. The molecule has 1 fully saturated rings. The molecule has 3 aromatic rings. The Bertz CT molecular complexity index is 1090. The predicted octanol–water partition coefficient (Wildman–Crippen LogP) is 5.09. The van der Waals surface area contributed by atoms with Gasteiger partial charge in [0.15, 0.2) is 0 Å². The van der Waals surface area contributed by atoms with Crippen LogP contribution in [0, 0.1) is 13.8 Å². The van der Waals surface area contributed by atoms with E-state index in [1.165, 1.54) is 16.7 Å². The van der Waals surface area contributed by atoms with Gasteiger partial charge in [0.1, 0.15) is 0 Å². The van der Waals surface area contributed by atoms with Crippen LogP contribution in [0.3, 0.4) is 0 Å². The predicted molar refractivity (Wildman–Crippen MR) is 123 cm³/mol. The van der Waals surface area contributed by atoms with E-state index in [0.717, 1.165) is 37.2 Å². The number of carbonyl (C=O) groups is 1. The van der Waals surface area contributed by atoms with Gasteiger partial charge in [-0.1, -0.05) is 38.1 Å². The SMILES string of the molecule is Cc1cc(Cc2ccccc2C)cc(C2CCCN2C(=O)CCc2nnc(C(C)C)o2)n1. The number of likely N-dealkylation sites (tertiary alicyclic amines) is 1. The fourth-order valence-electron chi connectivity index (χ4n) is 4.40. The van der Waals surface area contributed by atoms with Crippen molar-refractivity contribution in [1.29, 1.82) is 0 Å². The molecule has 168 valence electrons. The molecule has 0 radical (unpaired) electrons. The van der Waals surface area contributed by atoms with Crippen molar-refractivity contribution >= 4 is 5.91 Å². The molecule has 32 heavy (non-hydrogen) atoms. The number of amides is 1. The van der Waals surface area contributed by atoms with E-state index in [-0.39, 0.29) is 17.9 Å². The van der Waals surface area contributed by atoms with Gasteiger partial charge in [0, 0.05) is 31.0 Å². The van der Waals surface area contributed by atoms with E-state index in [1.54, 1.807) is 0 Å². The Labute approximate surface area is 190 Å². The quantitative estimate of drug-likeness (QED) is 0.520. The van der Waals surface area contributed by atoms with Gasteiger partial charge in [-0.15, -0.1) is 10.2 Å². The number of carbonyl (C=O) groups excluding carboxylic acids is 1. The zero-order valence-corrected chi connectivity index (χ0v) is 19.5. The first-order chi connectivity index (χ1) is 15.4. The minimum Gasteiger partial charge on any atom is -0.425 e. The second kappa shape index (κ2) is 9.63. The minimum absolute atomic E-state index is 0.0342. The van der Waals surface area contributed by atoms with Gasteiger partial charge in [-0.3, -0.25) is 9.78 Å². The highest BCUT2D eigenvalue weighted by Crippen LogP contribution is 2.32. The Morgan fingerprint density at radius 1 is 1.19 bits per heavy atom. The normalized spacial score (nSPS) is 16.2. The Balaban J connectivity index is 1.46. The topological polar surface area (TPSA) is 72.1 Å². The standard InChI is InChI=1S/C26H32N4O2/c1-17(2)26-29-28-24(32-26)11-12-25(31)30-13-7-10-23(30)22-16-20(14-19(4)27-22)15-21-9-6-5-8-18(21)3/h5-6,8-9,14,16-17,23H,7,10-13,15H2,1-4H3. The molecule has 0 bridgehead atoms. The van der Waals surface area contributed by atoms with Gasteiger partial charge >= 0.3 is 0 Å². The molecule has 6 heteroatoms. The summed E-state index contributed by atoms with van der Waals surface area (Å²) in [6.45, 7) is 8.98. The largest absolute Gasteiger partial charge is 0.425 e. The van der Waals surface area contributed by atoms with Crippen molar-refractivity contribution in [1.82, 2.24) is 20.1 Å². The highest BCUT2D eigenvalue weighted by atomic mass is 16.4. The second-order valence-corrected chi connectivity index (χ2v) is 9.08. The van der Waals surface area contributed by atoms with Crippen LogP contribution in [-0.4, -0.2) is 32.5 Å². The van der Waals surface area contributed by atoms with Gasteiger partial charge in [0.2, 0.25) is 17.7 Å². The van der Waals surface area contributed by atoms with Crippen LogP contribution in [0.2, 0.25) is 0 Å². The van der Waals surface area contributed by atoms with Crippen LogP contribution in [0.15, 0.2) is 40.8 Å². The van der Waals surface area contributed by atoms with Crippen LogP contribution in [-0.2, 0) is 17.6 Å². The van der Waals surface area contributed by atoms with E-state index in [4.69, 9.17) is 9.40 Å². The van der Waals surface area contributed by atoms with E-state index in [1.807, 2.05) is 25.7 Å². The highest BCUT2D eigenvalue weighted by molar-refractivity contribution is 5.77. The fraction of sp³-hybridized carbons (Fsp3) is 0.462. The van der Waals surface area contributed by atoms with E-state index in [9.17, 15) is 4.79 Å². The van der Waals surface area contributed by atoms with E-state index in [0.29, 0.717) is 24.6 Å². The molecule has 6 nitrogen and oxygen atoms in total. The number of hydrogen-bond acceptors (Lipinski definition) is 5. The molecular weight excluding hydrogens is 400 g/mol. The summed E-state index contributed by atoms with van der Waals surface area (Å²) in [5.74, 6) is 1.47. The Hall–Kier alpha value is -3.02. The first-order valence-electron chi connectivity index (χ1n) is 11.5. The van der Waals surface area contributed by atoms with Crippen molar-refractivity contribution in [3.8, 4) is 0 Å². The van der Waals surface area contributed by atoms with Crippen LogP contribution >= 0.6 is 0 Å². The van der Waals surface area contributed by atoms with Crippen molar-refractivity contribution in [2.75, 3.05) is 6.54 Å². The van der Waals surface area contributed by atoms with Crippen molar-refractivity contribution in [2.45, 2.75) is 71.8 Å². The van der Waals surface area contributed by atoms with Gasteiger partial charge < -0.3 is 9.32 Å². The Kier molecular flexibility index (Phi) is 6.68. The van der Waals surface area contributed by atoms with Crippen molar-refractivity contribution in [2.24, 2.45) is 0 Å². The Morgan fingerprint density at radius 3 is 2.75 bits per heavy atom. The van der Waals surface area contributed by atoms with E-state index in [2.05, 4.69) is 53.5 Å². The van der Waals surface area contributed by atoms with Gasteiger partial charge in [0.25, 0.3) is 0 Å². The average molecular weight is 433 g/mol. The number of aryl methyl sites for hydroxylation is 3. The smallest absolute Gasteiger partial charge is 0.223 e. The summed E-state index contributed by atoms with van der Waals surface area (Å²) < 4.78 is 5.66. The third kappa shape index (κ3) is 5.06. The zero-order valence-electron chi connectivity index (χ0n) is 19.5. The molecule has 3 heterocycles. The summed E-state index contributed by atoms with van der Waals surface area (Å²) in [6, 6.07) is 12.9. The van der Waals surface area contributed by atoms with Crippen LogP contribution in [0.25, 0.3) is 0 Å². The lowest BCUT2D eigenvalue weighted by molar-refractivity contribution is -0.132.